The van der Waals surface area contributed by atoms with Crippen molar-refractivity contribution in [3.05, 3.63) is 34.9 Å². The zero-order chi connectivity index (χ0) is 11.4. The first-order valence-electron chi connectivity index (χ1n) is 5.82. The van der Waals surface area contributed by atoms with Gasteiger partial charge < -0.3 is 4.74 Å². The Morgan fingerprint density at radius 1 is 1.25 bits per heavy atom. The van der Waals surface area contributed by atoms with Crippen LogP contribution in [0.4, 0.5) is 0 Å². The molecule has 1 aliphatic rings. The van der Waals surface area contributed by atoms with Crippen LogP contribution >= 0.6 is 11.6 Å². The Balaban J connectivity index is 1.90. The van der Waals surface area contributed by atoms with Crippen LogP contribution in [0, 0.1) is 0 Å². The van der Waals surface area contributed by atoms with Gasteiger partial charge in [0, 0.05) is 24.2 Å². The van der Waals surface area contributed by atoms with Crippen LogP contribution in [0.25, 0.3) is 0 Å². The van der Waals surface area contributed by atoms with E-state index in [0.717, 1.165) is 37.7 Å². The lowest BCUT2D eigenvalue weighted by molar-refractivity contribution is 0.0203. The minimum absolute atomic E-state index is 0.574. The minimum Gasteiger partial charge on any atom is -0.379 e. The summed E-state index contributed by atoms with van der Waals surface area (Å²) in [7, 11) is 0. The van der Waals surface area contributed by atoms with E-state index in [4.69, 9.17) is 16.3 Å². The molecule has 1 heterocycles. The lowest BCUT2D eigenvalue weighted by Crippen LogP contribution is -2.43. The van der Waals surface area contributed by atoms with E-state index in [2.05, 4.69) is 24.0 Å². The summed E-state index contributed by atoms with van der Waals surface area (Å²) in [6, 6.07) is 8.72. The van der Waals surface area contributed by atoms with E-state index in [1.165, 1.54) is 5.56 Å². The van der Waals surface area contributed by atoms with Crippen LogP contribution in [0.3, 0.4) is 0 Å². The zero-order valence-electron chi connectivity index (χ0n) is 9.66. The fourth-order valence-corrected chi connectivity index (χ4v) is 2.23. The third-order valence-corrected chi connectivity index (χ3v) is 3.37. The molecule has 0 aromatic heterocycles. The highest BCUT2D eigenvalue weighted by Gasteiger charge is 2.16. The molecular formula is C13H18ClNO. The van der Waals surface area contributed by atoms with Crippen molar-refractivity contribution in [3.8, 4) is 0 Å². The van der Waals surface area contributed by atoms with Crippen molar-refractivity contribution in [1.82, 2.24) is 4.90 Å². The molecule has 0 N–H and O–H groups in total. The maximum absolute atomic E-state index is 5.87. The summed E-state index contributed by atoms with van der Waals surface area (Å²) in [5, 5.41) is 0.808. The van der Waals surface area contributed by atoms with E-state index in [1.54, 1.807) is 0 Å². The maximum Gasteiger partial charge on any atom is 0.0594 e. The Labute approximate surface area is 102 Å². The summed E-state index contributed by atoms with van der Waals surface area (Å²) in [6.07, 6.45) is 1.08. The van der Waals surface area contributed by atoms with Gasteiger partial charge in [-0.3, -0.25) is 4.90 Å². The molecule has 1 aromatic carbocycles. The molecular weight excluding hydrogens is 222 g/mol. The average Bonchev–Trinajstić information content (AvgIpc) is 2.33. The van der Waals surface area contributed by atoms with Gasteiger partial charge in [0.1, 0.15) is 0 Å². The van der Waals surface area contributed by atoms with Crippen LogP contribution in [0.1, 0.15) is 12.5 Å². The van der Waals surface area contributed by atoms with Crippen molar-refractivity contribution in [3.63, 3.8) is 0 Å². The number of ether oxygens (including phenoxy) is 1. The summed E-state index contributed by atoms with van der Waals surface area (Å²) in [5.41, 5.74) is 1.35. The fourth-order valence-electron chi connectivity index (χ4n) is 2.11. The van der Waals surface area contributed by atoms with E-state index in [9.17, 15) is 0 Å². The van der Waals surface area contributed by atoms with Gasteiger partial charge in [0.2, 0.25) is 0 Å². The first kappa shape index (κ1) is 11.9. The summed E-state index contributed by atoms with van der Waals surface area (Å²) >= 11 is 5.87. The van der Waals surface area contributed by atoms with Gasteiger partial charge in [0.15, 0.2) is 0 Å². The molecule has 88 valence electrons. The van der Waals surface area contributed by atoms with Crippen LogP contribution in [0.2, 0.25) is 5.02 Å². The van der Waals surface area contributed by atoms with Gasteiger partial charge in [-0.25, -0.2) is 0 Å². The number of morpholine rings is 1. The summed E-state index contributed by atoms with van der Waals surface area (Å²) in [5.74, 6) is 0. The van der Waals surface area contributed by atoms with E-state index < -0.39 is 0 Å². The molecule has 1 atom stereocenters. The number of hydrogen-bond acceptors (Lipinski definition) is 2. The quantitative estimate of drug-likeness (QED) is 0.804. The third-order valence-electron chi connectivity index (χ3n) is 3.11. The number of rotatable bonds is 3. The molecule has 2 nitrogen and oxygen atoms in total. The molecule has 0 radical (unpaired) electrons. The van der Waals surface area contributed by atoms with Gasteiger partial charge in [0.05, 0.1) is 13.2 Å². The van der Waals surface area contributed by atoms with Crippen molar-refractivity contribution in [2.45, 2.75) is 19.4 Å². The Morgan fingerprint density at radius 2 is 1.88 bits per heavy atom. The number of hydrogen-bond donors (Lipinski definition) is 0. The van der Waals surface area contributed by atoms with E-state index >= 15 is 0 Å². The van der Waals surface area contributed by atoms with Gasteiger partial charge in [-0.2, -0.15) is 0 Å². The molecule has 3 heteroatoms. The Bertz CT molecular complexity index is 319. The Morgan fingerprint density at radius 3 is 2.50 bits per heavy atom. The van der Waals surface area contributed by atoms with Crippen LogP contribution in [-0.4, -0.2) is 37.2 Å². The van der Waals surface area contributed by atoms with Crippen molar-refractivity contribution < 1.29 is 4.74 Å². The average molecular weight is 240 g/mol. The van der Waals surface area contributed by atoms with Crippen LogP contribution in [0.15, 0.2) is 24.3 Å². The number of benzene rings is 1. The van der Waals surface area contributed by atoms with Crippen molar-refractivity contribution in [1.29, 1.82) is 0 Å². The molecule has 16 heavy (non-hydrogen) atoms. The molecule has 1 fully saturated rings. The molecule has 1 unspecified atom stereocenters. The van der Waals surface area contributed by atoms with E-state index in [-0.39, 0.29) is 0 Å². The smallest absolute Gasteiger partial charge is 0.0594 e. The highest BCUT2D eigenvalue weighted by atomic mass is 35.5. The SMILES string of the molecule is CC(Cc1ccc(Cl)cc1)N1CCOCC1. The van der Waals surface area contributed by atoms with Crippen molar-refractivity contribution in [2.24, 2.45) is 0 Å². The molecule has 0 amide bonds. The van der Waals surface area contributed by atoms with Crippen LogP contribution < -0.4 is 0 Å². The highest BCUT2D eigenvalue weighted by molar-refractivity contribution is 6.30. The van der Waals surface area contributed by atoms with Gasteiger partial charge >= 0.3 is 0 Å². The van der Waals surface area contributed by atoms with Crippen molar-refractivity contribution >= 4 is 11.6 Å². The highest BCUT2D eigenvalue weighted by Crippen LogP contribution is 2.14. The maximum atomic E-state index is 5.87. The summed E-state index contributed by atoms with van der Waals surface area (Å²) in [4.78, 5) is 2.48. The predicted molar refractivity (Wildman–Crippen MR) is 67.0 cm³/mol. The standard InChI is InChI=1S/C13H18ClNO/c1-11(15-6-8-16-9-7-15)10-12-2-4-13(14)5-3-12/h2-5,11H,6-10H2,1H3. The first-order valence-corrected chi connectivity index (χ1v) is 6.20. The Kier molecular flexibility index (Phi) is 4.22. The topological polar surface area (TPSA) is 12.5 Å². The molecule has 0 saturated carbocycles. The monoisotopic (exact) mass is 239 g/mol. The fraction of sp³-hybridized carbons (Fsp3) is 0.538. The summed E-state index contributed by atoms with van der Waals surface area (Å²) in [6.45, 7) is 6.11. The lowest BCUT2D eigenvalue weighted by atomic mass is 10.1. The number of halogens is 1. The summed E-state index contributed by atoms with van der Waals surface area (Å²) < 4.78 is 5.36. The van der Waals surface area contributed by atoms with Gasteiger partial charge in [0.25, 0.3) is 0 Å². The van der Waals surface area contributed by atoms with Gasteiger partial charge in [-0.15, -0.1) is 0 Å². The molecule has 1 aliphatic heterocycles. The van der Waals surface area contributed by atoms with Crippen LogP contribution in [0.5, 0.6) is 0 Å². The minimum atomic E-state index is 0.574. The molecule has 1 saturated heterocycles. The van der Waals surface area contributed by atoms with E-state index in [1.807, 2.05) is 12.1 Å². The van der Waals surface area contributed by atoms with Gasteiger partial charge in [-0.1, -0.05) is 23.7 Å². The molecule has 0 aliphatic carbocycles. The molecule has 0 spiro atoms. The Hall–Kier alpha value is -0.570. The number of nitrogens with zero attached hydrogens (tertiary/aromatic N) is 1. The van der Waals surface area contributed by atoms with Crippen LogP contribution in [-0.2, 0) is 11.2 Å². The zero-order valence-corrected chi connectivity index (χ0v) is 10.4. The van der Waals surface area contributed by atoms with E-state index in [0.29, 0.717) is 6.04 Å². The lowest BCUT2D eigenvalue weighted by Gasteiger charge is -2.32. The largest absolute Gasteiger partial charge is 0.379 e. The molecule has 2 rings (SSSR count). The predicted octanol–water partition coefficient (Wildman–Crippen LogP) is 2.60. The normalized spacial score (nSPS) is 19.6. The molecule has 1 aromatic rings. The second-order valence-corrected chi connectivity index (χ2v) is 4.76. The third kappa shape index (κ3) is 3.21. The second kappa shape index (κ2) is 5.67. The second-order valence-electron chi connectivity index (χ2n) is 4.33. The first-order chi connectivity index (χ1) is 7.75. The van der Waals surface area contributed by atoms with Gasteiger partial charge in [-0.05, 0) is 31.0 Å². The molecule has 0 bridgehead atoms. The van der Waals surface area contributed by atoms with Crippen molar-refractivity contribution in [2.75, 3.05) is 26.3 Å².